The van der Waals surface area contributed by atoms with Gasteiger partial charge in [0.05, 0.1) is 9.92 Å². The number of aliphatic hydroxyl groups excluding tert-OH is 1. The van der Waals surface area contributed by atoms with Gasteiger partial charge in [0, 0.05) is 11.8 Å². The third-order valence-electron chi connectivity index (χ3n) is 2.47. The summed E-state index contributed by atoms with van der Waals surface area (Å²) < 4.78 is 27.3. The van der Waals surface area contributed by atoms with Crippen LogP contribution >= 0.6 is 11.6 Å². The quantitative estimate of drug-likeness (QED) is 0.836. The van der Waals surface area contributed by atoms with Crippen LogP contribution in [0.1, 0.15) is 5.56 Å². The number of carbonyl (C=O) groups excluding carboxylic acids is 1. The molecule has 0 unspecified atom stereocenters. The molecule has 0 atom stereocenters. The van der Waals surface area contributed by atoms with Crippen LogP contribution in [-0.2, 0) is 19.4 Å². The Hall–Kier alpha value is -1.53. The second kappa shape index (κ2) is 4.29. The van der Waals surface area contributed by atoms with E-state index >= 15 is 0 Å². The van der Waals surface area contributed by atoms with E-state index in [4.69, 9.17) is 11.6 Å². The molecule has 0 bridgehead atoms. The van der Waals surface area contributed by atoms with E-state index in [1.165, 1.54) is 18.2 Å². The number of cyclic esters (lactones) is 1. The van der Waals surface area contributed by atoms with Gasteiger partial charge in [-0.15, -0.1) is 0 Å². The van der Waals surface area contributed by atoms with Gasteiger partial charge in [-0.3, -0.25) is 0 Å². The lowest BCUT2D eigenvalue weighted by Crippen LogP contribution is -2.01. The molecule has 1 aliphatic rings. The van der Waals surface area contributed by atoms with Crippen LogP contribution in [-0.4, -0.2) is 32.4 Å². The van der Waals surface area contributed by atoms with Crippen molar-refractivity contribution in [2.45, 2.75) is 4.90 Å². The smallest absolute Gasteiger partial charge is 0.342 e. The van der Waals surface area contributed by atoms with E-state index in [0.29, 0.717) is 0 Å². The van der Waals surface area contributed by atoms with Gasteiger partial charge in [0.2, 0.25) is 0 Å². The van der Waals surface area contributed by atoms with Crippen molar-refractivity contribution in [2.75, 3.05) is 12.9 Å². The predicted molar refractivity (Wildman–Crippen MR) is 65.1 cm³/mol. The molecule has 7 heteroatoms. The summed E-state index contributed by atoms with van der Waals surface area (Å²) >= 11 is 5.93. The lowest BCUT2D eigenvalue weighted by atomic mass is 10.1. The van der Waals surface area contributed by atoms with Gasteiger partial charge in [0.1, 0.15) is 17.9 Å². The van der Waals surface area contributed by atoms with Gasteiger partial charge in [0.15, 0.2) is 9.84 Å². The molecule has 18 heavy (non-hydrogen) atoms. The topological polar surface area (TPSA) is 80.7 Å². The van der Waals surface area contributed by atoms with Crippen molar-refractivity contribution in [1.82, 2.24) is 0 Å². The van der Waals surface area contributed by atoms with Crippen LogP contribution in [0.25, 0.3) is 5.57 Å². The summed E-state index contributed by atoms with van der Waals surface area (Å²) in [6.45, 7) is -0.196. The van der Waals surface area contributed by atoms with Gasteiger partial charge < -0.3 is 9.84 Å². The maximum atomic E-state index is 11.4. The summed E-state index contributed by atoms with van der Waals surface area (Å²) in [5.74, 6) is -0.893. The average molecular weight is 289 g/mol. The zero-order valence-corrected chi connectivity index (χ0v) is 10.9. The van der Waals surface area contributed by atoms with E-state index in [-0.39, 0.29) is 33.4 Å². The molecular formula is C11H9ClO5S. The number of sulfone groups is 1. The Morgan fingerprint density at radius 1 is 1.39 bits per heavy atom. The van der Waals surface area contributed by atoms with Crippen molar-refractivity contribution in [3.05, 3.63) is 34.5 Å². The highest BCUT2D eigenvalue weighted by atomic mass is 35.5. The van der Waals surface area contributed by atoms with Gasteiger partial charge in [-0.05, 0) is 12.1 Å². The molecule has 0 saturated carbocycles. The first-order valence-corrected chi connectivity index (χ1v) is 7.17. The molecule has 5 nitrogen and oxygen atoms in total. The molecule has 0 aliphatic carbocycles. The number of rotatable bonds is 2. The van der Waals surface area contributed by atoms with Gasteiger partial charge in [0.25, 0.3) is 0 Å². The number of ether oxygens (including phenoxy) is 1. The number of carbonyl (C=O) groups is 1. The monoisotopic (exact) mass is 288 g/mol. The Morgan fingerprint density at radius 3 is 2.50 bits per heavy atom. The lowest BCUT2D eigenvalue weighted by molar-refractivity contribution is -0.134. The normalized spacial score (nSPS) is 16.0. The number of esters is 1. The summed E-state index contributed by atoms with van der Waals surface area (Å²) in [7, 11) is -3.37. The summed E-state index contributed by atoms with van der Waals surface area (Å²) in [6, 6.07) is 3.93. The third kappa shape index (κ3) is 2.21. The Bertz CT molecular complexity index is 660. The number of aliphatic hydroxyl groups is 1. The number of hydrogen-bond acceptors (Lipinski definition) is 5. The third-order valence-corrected chi connectivity index (χ3v) is 3.89. The molecule has 1 aromatic rings. The molecular weight excluding hydrogens is 280 g/mol. The Morgan fingerprint density at radius 2 is 2.06 bits per heavy atom. The molecule has 0 amide bonds. The van der Waals surface area contributed by atoms with Crippen molar-refractivity contribution in [1.29, 1.82) is 0 Å². The molecule has 0 fully saturated rings. The molecule has 2 rings (SSSR count). The fourth-order valence-electron chi connectivity index (χ4n) is 1.59. The van der Waals surface area contributed by atoms with Crippen LogP contribution < -0.4 is 0 Å². The molecule has 0 spiro atoms. The molecule has 1 heterocycles. The zero-order valence-electron chi connectivity index (χ0n) is 9.31. The lowest BCUT2D eigenvalue weighted by Gasteiger charge is -2.05. The highest BCUT2D eigenvalue weighted by Gasteiger charge is 2.28. The van der Waals surface area contributed by atoms with Crippen molar-refractivity contribution in [3.63, 3.8) is 0 Å². The maximum Gasteiger partial charge on any atom is 0.342 e. The standard InChI is InChI=1S/C11H9ClO5S/c1-18(15,16)6-2-3-7(8(12)4-6)10-9(13)5-17-11(10)14/h2-4,13H,5H2,1H3. The van der Waals surface area contributed by atoms with E-state index in [2.05, 4.69) is 4.74 Å². The van der Waals surface area contributed by atoms with Crippen LogP contribution in [0, 0.1) is 0 Å². The summed E-state index contributed by atoms with van der Waals surface area (Å²) in [6.07, 6.45) is 1.05. The largest absolute Gasteiger partial charge is 0.508 e. The van der Waals surface area contributed by atoms with Crippen molar-refractivity contribution < 1.29 is 23.1 Å². The highest BCUT2D eigenvalue weighted by molar-refractivity contribution is 7.90. The minimum Gasteiger partial charge on any atom is -0.508 e. The molecule has 1 aliphatic heterocycles. The van der Waals surface area contributed by atoms with Crippen molar-refractivity contribution >= 4 is 33.0 Å². The molecule has 0 radical (unpaired) electrons. The average Bonchev–Trinajstić information content (AvgIpc) is 2.58. The second-order valence-electron chi connectivity index (χ2n) is 3.81. The van der Waals surface area contributed by atoms with Crippen LogP contribution in [0.2, 0.25) is 5.02 Å². The summed E-state index contributed by atoms with van der Waals surface area (Å²) in [5.41, 5.74) is 0.226. The number of benzene rings is 1. The van der Waals surface area contributed by atoms with Crippen molar-refractivity contribution in [2.24, 2.45) is 0 Å². The van der Waals surface area contributed by atoms with Crippen LogP contribution in [0.4, 0.5) is 0 Å². The zero-order chi connectivity index (χ0) is 13.5. The van der Waals surface area contributed by atoms with Crippen LogP contribution in [0.3, 0.4) is 0 Å². The Kier molecular flexibility index (Phi) is 3.08. The van der Waals surface area contributed by atoms with Crippen LogP contribution in [0.5, 0.6) is 0 Å². The minimum atomic E-state index is -3.37. The van der Waals surface area contributed by atoms with Gasteiger partial charge in [-0.25, -0.2) is 13.2 Å². The summed E-state index contributed by atoms with van der Waals surface area (Å²) in [5, 5.41) is 9.59. The van der Waals surface area contributed by atoms with Crippen molar-refractivity contribution in [3.8, 4) is 0 Å². The van der Waals surface area contributed by atoms with E-state index < -0.39 is 15.8 Å². The first-order chi connectivity index (χ1) is 8.30. The fraction of sp³-hybridized carbons (Fsp3) is 0.182. The highest BCUT2D eigenvalue weighted by Crippen LogP contribution is 2.31. The van der Waals surface area contributed by atoms with E-state index in [0.717, 1.165) is 6.26 Å². The molecule has 96 valence electrons. The van der Waals surface area contributed by atoms with Gasteiger partial charge >= 0.3 is 5.97 Å². The first-order valence-electron chi connectivity index (χ1n) is 4.90. The SMILES string of the molecule is CS(=O)(=O)c1ccc(C2=C(O)COC2=O)c(Cl)c1. The van der Waals surface area contributed by atoms with E-state index in [1.807, 2.05) is 0 Å². The fourth-order valence-corrected chi connectivity index (χ4v) is 2.58. The van der Waals surface area contributed by atoms with Crippen LogP contribution in [0.15, 0.2) is 28.9 Å². The first kappa shape index (κ1) is 12.9. The van der Waals surface area contributed by atoms with E-state index in [9.17, 15) is 18.3 Å². The number of hydrogen-bond donors (Lipinski definition) is 1. The van der Waals surface area contributed by atoms with E-state index in [1.54, 1.807) is 0 Å². The minimum absolute atomic E-state index is 0.0277. The summed E-state index contributed by atoms with van der Waals surface area (Å²) in [4.78, 5) is 11.4. The molecule has 1 aromatic carbocycles. The predicted octanol–water partition coefficient (Wildman–Crippen LogP) is 1.57. The Labute approximate surface area is 109 Å². The second-order valence-corrected chi connectivity index (χ2v) is 6.23. The Balaban J connectivity index is 2.56. The molecule has 1 N–H and O–H groups in total. The van der Waals surface area contributed by atoms with Gasteiger partial charge in [-0.2, -0.15) is 0 Å². The molecule has 0 saturated heterocycles. The van der Waals surface area contributed by atoms with Gasteiger partial charge in [-0.1, -0.05) is 17.7 Å². The molecule has 0 aromatic heterocycles. The number of halogens is 1. The maximum absolute atomic E-state index is 11.4.